The Kier molecular flexibility index (Phi) is 4.05. The number of Topliss-reactive ketones (excluding diaryl/α,β-unsaturated/α-hetero) is 1. The lowest BCUT2D eigenvalue weighted by atomic mass is 9.60. The van der Waals surface area contributed by atoms with Gasteiger partial charge in [0.2, 0.25) is 11.4 Å². The highest BCUT2D eigenvalue weighted by Crippen LogP contribution is 2.59. The number of fused-ring (bicyclic) bond motifs is 7. The summed E-state index contributed by atoms with van der Waals surface area (Å²) in [6, 6.07) is 22.6. The molecule has 3 N–H and O–H groups in total. The first-order chi connectivity index (χ1) is 17.0. The maximum absolute atomic E-state index is 14.6. The van der Waals surface area contributed by atoms with Gasteiger partial charge in [0.15, 0.2) is 5.78 Å². The molecule has 2 saturated heterocycles. The van der Waals surface area contributed by atoms with Crippen LogP contribution >= 0.6 is 0 Å². The largest absolute Gasteiger partial charge is 0.325 e. The zero-order valence-corrected chi connectivity index (χ0v) is 19.4. The van der Waals surface area contributed by atoms with E-state index in [-0.39, 0.29) is 23.6 Å². The zero-order chi connectivity index (χ0) is 23.9. The van der Waals surface area contributed by atoms with Crippen LogP contribution in [0.4, 0.5) is 11.4 Å². The van der Waals surface area contributed by atoms with Crippen molar-refractivity contribution in [2.45, 2.75) is 36.8 Å². The number of hydrogen-bond acceptors (Lipinski definition) is 3. The van der Waals surface area contributed by atoms with Gasteiger partial charge in [-0.25, -0.2) is 0 Å². The quantitative estimate of drug-likeness (QED) is 0.510. The molecule has 174 valence electrons. The number of rotatable bonds is 2. The van der Waals surface area contributed by atoms with Crippen LogP contribution in [0.25, 0.3) is 0 Å². The molecule has 0 bridgehead atoms. The average molecular weight is 465 g/mol. The Bertz CT molecular complexity index is 1430. The highest BCUT2D eigenvalue weighted by molar-refractivity contribution is 6.17. The molecule has 2 amide bonds. The third-order valence-electron chi connectivity index (χ3n) is 8.92. The van der Waals surface area contributed by atoms with Crippen LogP contribution < -0.4 is 15.5 Å². The van der Waals surface area contributed by atoms with E-state index in [2.05, 4.69) is 10.6 Å². The van der Waals surface area contributed by atoms with Crippen molar-refractivity contribution >= 4 is 29.0 Å². The van der Waals surface area contributed by atoms with Gasteiger partial charge in [0.1, 0.15) is 17.4 Å². The fourth-order valence-corrected chi connectivity index (χ4v) is 7.76. The number of hydrogen-bond donors (Lipinski definition) is 3. The van der Waals surface area contributed by atoms with Gasteiger partial charge >= 0.3 is 0 Å². The van der Waals surface area contributed by atoms with Gasteiger partial charge in [-0.1, -0.05) is 66.7 Å². The van der Waals surface area contributed by atoms with Gasteiger partial charge in [-0.05, 0) is 24.1 Å². The minimum absolute atomic E-state index is 0.149. The Labute approximate surface area is 203 Å². The van der Waals surface area contributed by atoms with Crippen molar-refractivity contribution in [1.82, 2.24) is 0 Å². The third kappa shape index (κ3) is 2.26. The highest BCUT2D eigenvalue weighted by Gasteiger charge is 2.82. The number of para-hydroxylation sites is 2. The van der Waals surface area contributed by atoms with Crippen molar-refractivity contribution in [2.75, 3.05) is 17.2 Å². The molecule has 35 heavy (non-hydrogen) atoms. The molecule has 5 atom stereocenters. The topological polar surface area (TPSA) is 79.7 Å². The third-order valence-corrected chi connectivity index (χ3v) is 8.92. The monoisotopic (exact) mass is 464 g/mol. The van der Waals surface area contributed by atoms with Crippen LogP contribution in [-0.2, 0) is 20.5 Å². The van der Waals surface area contributed by atoms with Gasteiger partial charge in [0, 0.05) is 29.7 Å². The molecule has 6 heteroatoms. The van der Waals surface area contributed by atoms with Crippen molar-refractivity contribution in [3.05, 3.63) is 95.1 Å². The number of ketones is 1. The molecular weight excluding hydrogens is 438 g/mol. The zero-order valence-electron chi connectivity index (χ0n) is 19.4. The molecule has 0 aliphatic carbocycles. The average Bonchev–Trinajstić information content (AvgIpc) is 3.59. The van der Waals surface area contributed by atoms with E-state index in [1.165, 1.54) is 0 Å². The summed E-state index contributed by atoms with van der Waals surface area (Å²) in [4.78, 5) is 44.1. The number of carbonyl (C=O) groups is 3. The molecule has 1 unspecified atom stereocenters. The number of nitrogens with one attached hydrogen (secondary N) is 3. The van der Waals surface area contributed by atoms with E-state index in [4.69, 9.17) is 0 Å². The summed E-state index contributed by atoms with van der Waals surface area (Å²) in [5, 5.41) is 6.25. The van der Waals surface area contributed by atoms with E-state index in [1.54, 1.807) is 12.1 Å². The lowest BCUT2D eigenvalue weighted by Gasteiger charge is -2.34. The van der Waals surface area contributed by atoms with Crippen molar-refractivity contribution in [3.63, 3.8) is 0 Å². The first-order valence-corrected chi connectivity index (χ1v) is 12.3. The van der Waals surface area contributed by atoms with Crippen LogP contribution in [-0.4, -0.2) is 30.2 Å². The summed E-state index contributed by atoms with van der Waals surface area (Å²) in [6.45, 7) is 2.71. The molecule has 3 aromatic carbocycles. The number of anilines is 2. The fourth-order valence-electron chi connectivity index (χ4n) is 7.76. The molecule has 6 nitrogen and oxygen atoms in total. The fraction of sp³-hybridized carbons (Fsp3) is 0.276. The smallest absolute Gasteiger partial charge is 0.291 e. The number of quaternary nitrogens is 1. The number of aryl methyl sites for hydroxylation is 1. The Morgan fingerprint density at radius 2 is 1.63 bits per heavy atom. The first kappa shape index (κ1) is 20.6. The lowest BCUT2D eigenvalue weighted by molar-refractivity contribution is -0.948. The van der Waals surface area contributed by atoms with E-state index < -0.39 is 16.9 Å². The van der Waals surface area contributed by atoms with Crippen molar-refractivity contribution in [1.29, 1.82) is 0 Å². The summed E-state index contributed by atoms with van der Waals surface area (Å²) >= 11 is 0. The summed E-state index contributed by atoms with van der Waals surface area (Å²) < 4.78 is 0. The van der Waals surface area contributed by atoms with Crippen molar-refractivity contribution < 1.29 is 19.3 Å². The molecule has 0 radical (unpaired) electrons. The number of benzene rings is 3. The van der Waals surface area contributed by atoms with E-state index >= 15 is 0 Å². The van der Waals surface area contributed by atoms with Crippen molar-refractivity contribution in [2.24, 2.45) is 5.92 Å². The predicted octanol–water partition coefficient (Wildman–Crippen LogP) is 2.59. The van der Waals surface area contributed by atoms with Crippen LogP contribution in [0.1, 0.15) is 39.9 Å². The minimum Gasteiger partial charge on any atom is -0.325 e. The summed E-state index contributed by atoms with van der Waals surface area (Å²) in [5.41, 5.74) is 2.40. The van der Waals surface area contributed by atoms with Gasteiger partial charge < -0.3 is 15.5 Å². The van der Waals surface area contributed by atoms with Gasteiger partial charge in [-0.2, -0.15) is 0 Å². The molecular formula is C29H26N3O3+. The minimum atomic E-state index is -1.18. The van der Waals surface area contributed by atoms with E-state index in [0.29, 0.717) is 5.56 Å². The molecule has 4 aliphatic rings. The summed E-state index contributed by atoms with van der Waals surface area (Å²) in [6.07, 6.45) is 1.69. The van der Waals surface area contributed by atoms with Crippen molar-refractivity contribution in [3.8, 4) is 0 Å². The Morgan fingerprint density at radius 3 is 2.46 bits per heavy atom. The second-order valence-corrected chi connectivity index (χ2v) is 10.3. The van der Waals surface area contributed by atoms with Crippen LogP contribution in [0.3, 0.4) is 0 Å². The molecule has 4 aliphatic heterocycles. The molecule has 3 aromatic rings. The molecule has 2 fully saturated rings. The molecule has 2 spiro atoms. The van der Waals surface area contributed by atoms with Crippen LogP contribution in [0.2, 0.25) is 0 Å². The number of carbonyl (C=O) groups excluding carboxylic acids is 3. The second-order valence-electron chi connectivity index (χ2n) is 10.3. The molecule has 4 heterocycles. The van der Waals surface area contributed by atoms with Gasteiger partial charge in [-0.15, -0.1) is 0 Å². The highest BCUT2D eigenvalue weighted by atomic mass is 16.2. The predicted molar refractivity (Wildman–Crippen MR) is 131 cm³/mol. The van der Waals surface area contributed by atoms with Crippen LogP contribution in [0.5, 0.6) is 0 Å². The SMILES string of the molecule is Cc1cccc2c1NC(=O)[C@]21[C@H](C(=O)c2ccccc2)[C@@]2(C(=O)Nc3ccccc32)[C@@H]2CCC[NH+]21. The van der Waals surface area contributed by atoms with Crippen LogP contribution in [0, 0.1) is 12.8 Å². The van der Waals surface area contributed by atoms with Gasteiger partial charge in [-0.3, -0.25) is 14.4 Å². The standard InChI is InChI=1S/C29H25N3O3/c1-17-9-7-13-20-23(17)31-27(35)29(20)25(24(33)18-10-3-2-4-11-18)28(22-15-8-16-32(22)29)19-12-5-6-14-21(19)30-26(28)34/h2-7,9-14,22,25H,8,15-16H2,1H3,(H,30,34)(H,31,35)/p+1/t22-,25+,28-,29+/m0/s1. The van der Waals surface area contributed by atoms with Gasteiger partial charge in [0.25, 0.3) is 5.91 Å². The maximum atomic E-state index is 14.6. The second kappa shape index (κ2) is 6.89. The normalized spacial score (nSPS) is 31.9. The maximum Gasteiger partial charge on any atom is 0.291 e. The lowest BCUT2D eigenvalue weighted by Crippen LogP contribution is -3.20. The van der Waals surface area contributed by atoms with Crippen LogP contribution in [0.15, 0.2) is 72.8 Å². The Hall–Kier alpha value is -3.77. The van der Waals surface area contributed by atoms with E-state index in [0.717, 1.165) is 52.4 Å². The molecule has 0 aromatic heterocycles. The number of amides is 2. The Morgan fingerprint density at radius 1 is 0.886 bits per heavy atom. The molecule has 0 saturated carbocycles. The summed E-state index contributed by atoms with van der Waals surface area (Å²) in [5.74, 6) is -1.36. The first-order valence-electron chi connectivity index (χ1n) is 12.3. The van der Waals surface area contributed by atoms with E-state index in [1.807, 2.05) is 67.6 Å². The molecule has 7 rings (SSSR count). The van der Waals surface area contributed by atoms with Gasteiger partial charge in [0.05, 0.1) is 12.2 Å². The summed E-state index contributed by atoms with van der Waals surface area (Å²) in [7, 11) is 0. The van der Waals surface area contributed by atoms with E-state index in [9.17, 15) is 14.4 Å². The Balaban J connectivity index is 1.60.